The van der Waals surface area contributed by atoms with Crippen molar-refractivity contribution >= 4 is 23.9 Å². The van der Waals surface area contributed by atoms with E-state index in [1.54, 1.807) is 0 Å². The maximum absolute atomic E-state index is 12.3. The molecule has 0 aliphatic heterocycles. The average molecular weight is 531 g/mol. The molecule has 9 nitrogen and oxygen atoms in total. The highest BCUT2D eigenvalue weighted by Gasteiger charge is 2.26. The molecule has 0 bridgehead atoms. The summed E-state index contributed by atoms with van der Waals surface area (Å²) in [7, 11) is 0. The van der Waals surface area contributed by atoms with Crippen molar-refractivity contribution in [3.05, 3.63) is 0 Å². The van der Waals surface area contributed by atoms with Crippen LogP contribution in [0.5, 0.6) is 0 Å². The summed E-state index contributed by atoms with van der Waals surface area (Å²) in [5.41, 5.74) is 0. The fraction of sp³-hybridized carbons (Fsp3) is 0.857. The number of carbonyl (C=O) groups excluding carboxylic acids is 4. The first-order valence-corrected chi connectivity index (χ1v) is 14.2. The van der Waals surface area contributed by atoms with E-state index in [0.29, 0.717) is 25.7 Å². The molecule has 0 aromatic carbocycles. The van der Waals surface area contributed by atoms with Crippen LogP contribution in [0.3, 0.4) is 0 Å². The second-order valence-electron chi connectivity index (χ2n) is 9.17. The van der Waals surface area contributed by atoms with Crippen molar-refractivity contribution < 1.29 is 42.9 Å². The van der Waals surface area contributed by atoms with Crippen molar-refractivity contribution in [1.29, 1.82) is 0 Å². The first-order chi connectivity index (χ1) is 17.9. The van der Waals surface area contributed by atoms with Crippen molar-refractivity contribution in [3.8, 4) is 0 Å². The fourth-order valence-corrected chi connectivity index (χ4v) is 3.33. The molecule has 0 amide bonds. The van der Waals surface area contributed by atoms with Gasteiger partial charge in [0.25, 0.3) is 0 Å². The summed E-state index contributed by atoms with van der Waals surface area (Å²) in [6.07, 6.45) is 8.37. The SMILES string of the molecule is CCCCCC(=O)OCC(OC(=O)CCCCC)OC(COC(=O)CCCCC)OC(=O)CCCCC. The summed E-state index contributed by atoms with van der Waals surface area (Å²) in [5, 5.41) is 0. The van der Waals surface area contributed by atoms with Gasteiger partial charge < -0.3 is 18.9 Å². The van der Waals surface area contributed by atoms with Crippen molar-refractivity contribution in [2.75, 3.05) is 13.2 Å². The molecule has 0 saturated carbocycles. The van der Waals surface area contributed by atoms with Gasteiger partial charge in [0.05, 0.1) is 0 Å². The lowest BCUT2D eigenvalue weighted by Gasteiger charge is -2.24. The van der Waals surface area contributed by atoms with Gasteiger partial charge in [-0.05, 0) is 25.7 Å². The lowest BCUT2D eigenvalue weighted by atomic mass is 10.2. The molecule has 2 atom stereocenters. The predicted molar refractivity (Wildman–Crippen MR) is 139 cm³/mol. The van der Waals surface area contributed by atoms with Gasteiger partial charge >= 0.3 is 23.9 Å². The minimum Gasteiger partial charge on any atom is -0.459 e. The molecule has 0 fully saturated rings. The number of hydrogen-bond donors (Lipinski definition) is 0. The molecule has 37 heavy (non-hydrogen) atoms. The first-order valence-electron chi connectivity index (χ1n) is 14.2. The number of ether oxygens (including phenoxy) is 5. The smallest absolute Gasteiger partial charge is 0.308 e. The van der Waals surface area contributed by atoms with Crippen molar-refractivity contribution in [2.45, 2.75) is 143 Å². The molecule has 0 spiro atoms. The van der Waals surface area contributed by atoms with E-state index in [9.17, 15) is 19.2 Å². The van der Waals surface area contributed by atoms with E-state index in [-0.39, 0.29) is 38.9 Å². The molecule has 0 radical (unpaired) electrons. The highest BCUT2D eigenvalue weighted by molar-refractivity contribution is 5.71. The van der Waals surface area contributed by atoms with Gasteiger partial charge in [-0.1, -0.05) is 79.1 Å². The summed E-state index contributed by atoms with van der Waals surface area (Å²) in [6.45, 7) is 7.43. The lowest BCUT2D eigenvalue weighted by Crippen LogP contribution is -2.37. The minimum absolute atomic E-state index is 0.187. The zero-order valence-electron chi connectivity index (χ0n) is 23.6. The molecule has 2 unspecified atom stereocenters. The number of esters is 4. The van der Waals surface area contributed by atoms with E-state index < -0.39 is 36.5 Å². The van der Waals surface area contributed by atoms with Gasteiger partial charge in [0.1, 0.15) is 0 Å². The van der Waals surface area contributed by atoms with E-state index >= 15 is 0 Å². The first kappa shape index (κ1) is 34.8. The average Bonchev–Trinajstić information content (AvgIpc) is 2.86. The van der Waals surface area contributed by atoms with Crippen LogP contribution in [0.2, 0.25) is 0 Å². The monoisotopic (exact) mass is 530 g/mol. The lowest BCUT2D eigenvalue weighted by molar-refractivity contribution is -0.257. The molecule has 0 aromatic heterocycles. The Morgan fingerprint density at radius 3 is 1.05 bits per heavy atom. The maximum atomic E-state index is 12.3. The predicted octanol–water partition coefficient (Wildman–Crippen LogP) is 6.15. The van der Waals surface area contributed by atoms with Gasteiger partial charge in [-0.25, -0.2) is 0 Å². The molecule has 0 N–H and O–H groups in total. The van der Waals surface area contributed by atoms with Gasteiger partial charge in [-0.2, -0.15) is 0 Å². The number of carbonyl (C=O) groups is 4. The van der Waals surface area contributed by atoms with Crippen LogP contribution >= 0.6 is 0 Å². The van der Waals surface area contributed by atoms with Crippen LogP contribution in [0.15, 0.2) is 0 Å². The van der Waals surface area contributed by atoms with Crippen molar-refractivity contribution in [2.24, 2.45) is 0 Å². The largest absolute Gasteiger partial charge is 0.459 e. The Labute approximate surface area is 223 Å². The van der Waals surface area contributed by atoms with Gasteiger partial charge in [-0.15, -0.1) is 0 Å². The molecule has 0 aromatic rings. The van der Waals surface area contributed by atoms with Crippen LogP contribution < -0.4 is 0 Å². The summed E-state index contributed by atoms with van der Waals surface area (Å²) < 4.78 is 27.0. The Hall–Kier alpha value is -2.16. The van der Waals surface area contributed by atoms with Crippen LogP contribution in [0.25, 0.3) is 0 Å². The molecule has 0 aliphatic rings. The molecule has 0 heterocycles. The van der Waals surface area contributed by atoms with E-state index in [2.05, 4.69) is 0 Å². The maximum Gasteiger partial charge on any atom is 0.308 e. The second kappa shape index (κ2) is 24.2. The molecular formula is C28H50O9. The Kier molecular flexibility index (Phi) is 22.8. The summed E-state index contributed by atoms with van der Waals surface area (Å²) >= 11 is 0. The van der Waals surface area contributed by atoms with Gasteiger partial charge in [0.2, 0.25) is 12.6 Å². The Bertz CT molecular complexity index is 569. The molecule has 0 rings (SSSR count). The molecule has 9 heteroatoms. The van der Waals surface area contributed by atoms with Crippen molar-refractivity contribution in [1.82, 2.24) is 0 Å². The Morgan fingerprint density at radius 2 is 0.757 bits per heavy atom. The minimum atomic E-state index is -1.29. The van der Waals surface area contributed by atoms with Crippen LogP contribution in [0, 0.1) is 0 Å². The highest BCUT2D eigenvalue weighted by Crippen LogP contribution is 2.12. The summed E-state index contributed by atoms with van der Waals surface area (Å²) in [5.74, 6) is -1.88. The number of unbranched alkanes of at least 4 members (excludes halogenated alkanes) is 8. The van der Waals surface area contributed by atoms with Crippen LogP contribution in [0.4, 0.5) is 0 Å². The molecule has 0 saturated heterocycles. The zero-order chi connectivity index (χ0) is 27.7. The van der Waals surface area contributed by atoms with Gasteiger partial charge in [0.15, 0.2) is 13.2 Å². The summed E-state index contributed by atoms with van der Waals surface area (Å²) in [6, 6.07) is 0. The zero-order valence-corrected chi connectivity index (χ0v) is 23.6. The van der Waals surface area contributed by atoms with Crippen molar-refractivity contribution in [3.63, 3.8) is 0 Å². The summed E-state index contributed by atoms with van der Waals surface area (Å²) in [4.78, 5) is 48.9. The van der Waals surface area contributed by atoms with E-state index in [0.717, 1.165) is 51.4 Å². The van der Waals surface area contributed by atoms with Gasteiger partial charge in [-0.3, -0.25) is 23.9 Å². The Morgan fingerprint density at radius 1 is 0.459 bits per heavy atom. The standard InChI is InChI=1S/C28H50O9/c1-5-9-13-17-23(29)33-21-27(35-25(31)19-15-11-7-3)37-28(36-26(32)20-16-12-8-4)22-34-24(30)18-14-10-6-2/h27-28H,5-22H2,1-4H3. The fourth-order valence-electron chi connectivity index (χ4n) is 3.33. The topological polar surface area (TPSA) is 114 Å². The second-order valence-corrected chi connectivity index (χ2v) is 9.17. The molecule has 0 aliphatic carbocycles. The van der Waals surface area contributed by atoms with Crippen LogP contribution in [-0.2, 0) is 42.9 Å². The van der Waals surface area contributed by atoms with Crippen LogP contribution in [0.1, 0.15) is 130 Å². The molecule has 216 valence electrons. The molecular weight excluding hydrogens is 480 g/mol. The third-order valence-corrected chi connectivity index (χ3v) is 5.53. The van der Waals surface area contributed by atoms with Crippen LogP contribution in [-0.4, -0.2) is 49.7 Å². The van der Waals surface area contributed by atoms with E-state index in [1.165, 1.54) is 0 Å². The Balaban J connectivity index is 5.22. The van der Waals surface area contributed by atoms with E-state index in [1.807, 2.05) is 27.7 Å². The van der Waals surface area contributed by atoms with E-state index in [4.69, 9.17) is 23.7 Å². The van der Waals surface area contributed by atoms with Gasteiger partial charge in [0, 0.05) is 25.7 Å². The quantitative estimate of drug-likeness (QED) is 0.0627. The third-order valence-electron chi connectivity index (χ3n) is 5.53. The number of hydrogen-bond acceptors (Lipinski definition) is 9. The normalized spacial score (nSPS) is 12.4. The highest BCUT2D eigenvalue weighted by atomic mass is 16.8. The number of rotatable bonds is 24. The third kappa shape index (κ3) is 21.6.